The minimum atomic E-state index is 0. The first kappa shape index (κ1) is 27.6. The average molecular weight is 564 g/mol. The molecule has 8 nitrogen and oxygen atoms in total. The Morgan fingerprint density at radius 3 is 2.16 bits per heavy atom. The number of carbonyl (C=O) groups is 1. The lowest BCUT2D eigenvalue weighted by Gasteiger charge is -2.50. The summed E-state index contributed by atoms with van der Waals surface area (Å²) in [4.78, 5) is 26.5. The van der Waals surface area contributed by atoms with Gasteiger partial charge in [0, 0.05) is 51.4 Å². The van der Waals surface area contributed by atoms with Crippen LogP contribution in [0.5, 0.6) is 0 Å². The van der Waals surface area contributed by atoms with Crippen LogP contribution < -0.4 is 10.6 Å². The minimum Gasteiger partial charge on any atom is -0.354 e. The van der Waals surface area contributed by atoms with E-state index in [1.54, 1.807) is 0 Å². The molecule has 0 spiro atoms. The van der Waals surface area contributed by atoms with E-state index in [9.17, 15) is 4.79 Å². The number of guanidine groups is 1. The summed E-state index contributed by atoms with van der Waals surface area (Å²) >= 11 is 0. The van der Waals surface area contributed by atoms with E-state index in [4.69, 9.17) is 0 Å². The van der Waals surface area contributed by atoms with Crippen molar-refractivity contribution in [3.63, 3.8) is 0 Å². The Hall–Kier alpha value is -0.650. The molecule has 32 heavy (non-hydrogen) atoms. The van der Waals surface area contributed by atoms with Crippen molar-refractivity contribution in [2.45, 2.75) is 57.5 Å². The average Bonchev–Trinajstić information content (AvgIpc) is 2.77. The number of hydrogen-bond acceptors (Lipinski definition) is 5. The van der Waals surface area contributed by atoms with Crippen molar-refractivity contribution in [1.82, 2.24) is 30.2 Å². The standard InChI is InChI=1S/C23H45N7O.HI/c1-20(2)26-21(31)18-28-14-16-29(17-15-28)22(24-3)25-19-23(8-12-27(4)13-9-23)30-10-6-5-7-11-30;/h20H,5-19H2,1-4H3,(H,24,25)(H,26,31);1H. The van der Waals surface area contributed by atoms with Gasteiger partial charge in [0.15, 0.2) is 5.96 Å². The van der Waals surface area contributed by atoms with Crippen molar-refractivity contribution in [3.05, 3.63) is 0 Å². The van der Waals surface area contributed by atoms with Crippen molar-refractivity contribution < 1.29 is 4.79 Å². The fourth-order valence-corrected chi connectivity index (χ4v) is 5.27. The third-order valence-corrected chi connectivity index (χ3v) is 7.22. The molecule has 3 saturated heterocycles. The molecular weight excluding hydrogens is 517 g/mol. The predicted molar refractivity (Wildman–Crippen MR) is 143 cm³/mol. The summed E-state index contributed by atoms with van der Waals surface area (Å²) < 4.78 is 0. The third-order valence-electron chi connectivity index (χ3n) is 7.22. The van der Waals surface area contributed by atoms with Crippen LogP contribution in [0.1, 0.15) is 46.0 Å². The number of halogens is 1. The number of hydrogen-bond donors (Lipinski definition) is 2. The lowest BCUT2D eigenvalue weighted by molar-refractivity contribution is -0.123. The molecule has 0 saturated carbocycles. The minimum absolute atomic E-state index is 0. The Bertz CT molecular complexity index is 593. The van der Waals surface area contributed by atoms with Crippen molar-refractivity contribution >= 4 is 35.8 Å². The van der Waals surface area contributed by atoms with Crippen LogP contribution in [0.15, 0.2) is 4.99 Å². The van der Waals surface area contributed by atoms with Crippen LogP contribution in [0.4, 0.5) is 0 Å². The van der Waals surface area contributed by atoms with Gasteiger partial charge >= 0.3 is 0 Å². The van der Waals surface area contributed by atoms with Crippen LogP contribution >= 0.6 is 24.0 Å². The zero-order chi connectivity index (χ0) is 22.3. The first-order valence-electron chi connectivity index (χ1n) is 12.3. The van der Waals surface area contributed by atoms with Gasteiger partial charge in [-0.15, -0.1) is 24.0 Å². The maximum atomic E-state index is 12.1. The first-order chi connectivity index (χ1) is 14.9. The number of carbonyl (C=O) groups excluding carboxylic acids is 1. The second-order valence-corrected chi connectivity index (χ2v) is 9.96. The summed E-state index contributed by atoms with van der Waals surface area (Å²) in [5.41, 5.74) is 0.250. The molecule has 9 heteroatoms. The molecule has 3 fully saturated rings. The molecule has 0 aromatic carbocycles. The van der Waals surface area contributed by atoms with Crippen LogP contribution in [0.3, 0.4) is 0 Å². The Labute approximate surface area is 212 Å². The van der Waals surface area contributed by atoms with E-state index in [1.807, 2.05) is 20.9 Å². The van der Waals surface area contributed by atoms with E-state index in [2.05, 4.69) is 42.3 Å². The highest BCUT2D eigenvalue weighted by atomic mass is 127. The summed E-state index contributed by atoms with van der Waals surface area (Å²) in [5, 5.41) is 6.75. The quantitative estimate of drug-likeness (QED) is 0.289. The highest BCUT2D eigenvalue weighted by Crippen LogP contribution is 2.31. The molecule has 0 bridgehead atoms. The number of nitrogens with one attached hydrogen (secondary N) is 2. The molecule has 0 aromatic rings. The fraction of sp³-hybridized carbons (Fsp3) is 0.913. The zero-order valence-corrected chi connectivity index (χ0v) is 23.1. The molecule has 186 valence electrons. The predicted octanol–water partition coefficient (Wildman–Crippen LogP) is 1.27. The Kier molecular flexibility index (Phi) is 11.5. The van der Waals surface area contributed by atoms with E-state index in [1.165, 1.54) is 58.3 Å². The lowest BCUT2D eigenvalue weighted by Crippen LogP contribution is -2.63. The Balaban J connectivity index is 0.00000363. The lowest BCUT2D eigenvalue weighted by atomic mass is 9.84. The van der Waals surface area contributed by atoms with Gasteiger partial charge in [-0.1, -0.05) is 6.42 Å². The second kappa shape index (κ2) is 13.3. The molecule has 3 heterocycles. The van der Waals surface area contributed by atoms with Gasteiger partial charge in [-0.2, -0.15) is 0 Å². The number of piperazine rings is 1. The molecular formula is C23H46IN7O. The Morgan fingerprint density at radius 2 is 1.59 bits per heavy atom. The third kappa shape index (κ3) is 7.70. The highest BCUT2D eigenvalue weighted by molar-refractivity contribution is 14.0. The highest BCUT2D eigenvalue weighted by Gasteiger charge is 2.40. The number of rotatable bonds is 6. The normalized spacial score (nSPS) is 23.7. The molecule has 0 atom stereocenters. The molecule has 0 radical (unpaired) electrons. The van der Waals surface area contributed by atoms with Crippen molar-refractivity contribution in [2.75, 3.05) is 79.5 Å². The summed E-state index contributed by atoms with van der Waals surface area (Å²) in [7, 11) is 4.14. The summed E-state index contributed by atoms with van der Waals surface area (Å²) in [6.07, 6.45) is 6.50. The number of amides is 1. The maximum absolute atomic E-state index is 12.1. The molecule has 3 rings (SSSR count). The van der Waals surface area contributed by atoms with Gasteiger partial charge < -0.3 is 20.4 Å². The van der Waals surface area contributed by atoms with Crippen LogP contribution in [0.2, 0.25) is 0 Å². The van der Waals surface area contributed by atoms with Gasteiger partial charge in [0.05, 0.1) is 6.54 Å². The number of piperidine rings is 2. The Morgan fingerprint density at radius 1 is 0.969 bits per heavy atom. The summed E-state index contributed by atoms with van der Waals surface area (Å²) in [6.45, 7) is 13.9. The van der Waals surface area contributed by atoms with Gasteiger partial charge in [0.1, 0.15) is 0 Å². The summed E-state index contributed by atoms with van der Waals surface area (Å²) in [6, 6.07) is 0.198. The van der Waals surface area contributed by atoms with Crippen molar-refractivity contribution in [2.24, 2.45) is 4.99 Å². The molecule has 0 unspecified atom stereocenters. The monoisotopic (exact) mass is 563 g/mol. The van der Waals surface area contributed by atoms with E-state index in [-0.39, 0.29) is 41.5 Å². The SMILES string of the molecule is CN=C(NCC1(N2CCCCC2)CCN(C)CC1)N1CCN(CC(=O)NC(C)C)CC1.I. The maximum Gasteiger partial charge on any atom is 0.234 e. The smallest absolute Gasteiger partial charge is 0.234 e. The van der Waals surface area contributed by atoms with Gasteiger partial charge in [-0.3, -0.25) is 19.6 Å². The molecule has 0 aromatic heterocycles. The van der Waals surface area contributed by atoms with Crippen LogP contribution in [-0.4, -0.2) is 123 Å². The van der Waals surface area contributed by atoms with Crippen LogP contribution in [-0.2, 0) is 4.79 Å². The van der Waals surface area contributed by atoms with Gasteiger partial charge in [-0.25, -0.2) is 0 Å². The van der Waals surface area contributed by atoms with Gasteiger partial charge in [-0.05, 0) is 72.8 Å². The second-order valence-electron chi connectivity index (χ2n) is 9.96. The first-order valence-corrected chi connectivity index (χ1v) is 12.3. The van der Waals surface area contributed by atoms with E-state index >= 15 is 0 Å². The number of aliphatic imine (C=N–C) groups is 1. The number of likely N-dealkylation sites (tertiary alicyclic amines) is 2. The molecule has 3 aliphatic rings. The summed E-state index contributed by atoms with van der Waals surface area (Å²) in [5.74, 6) is 1.14. The van der Waals surface area contributed by atoms with E-state index < -0.39 is 0 Å². The van der Waals surface area contributed by atoms with Crippen LogP contribution in [0.25, 0.3) is 0 Å². The van der Waals surface area contributed by atoms with Crippen molar-refractivity contribution in [1.29, 1.82) is 0 Å². The largest absolute Gasteiger partial charge is 0.354 e. The fourth-order valence-electron chi connectivity index (χ4n) is 5.27. The topological polar surface area (TPSA) is 66.5 Å². The van der Waals surface area contributed by atoms with Gasteiger partial charge in [0.2, 0.25) is 5.91 Å². The van der Waals surface area contributed by atoms with E-state index in [0.717, 1.165) is 38.7 Å². The molecule has 3 aliphatic heterocycles. The molecule has 1 amide bonds. The van der Waals surface area contributed by atoms with Crippen molar-refractivity contribution in [3.8, 4) is 0 Å². The van der Waals surface area contributed by atoms with E-state index in [0.29, 0.717) is 6.54 Å². The zero-order valence-electron chi connectivity index (χ0n) is 20.7. The van der Waals surface area contributed by atoms with Gasteiger partial charge in [0.25, 0.3) is 0 Å². The number of nitrogens with zero attached hydrogens (tertiary/aromatic N) is 5. The molecule has 2 N–H and O–H groups in total. The van der Waals surface area contributed by atoms with Crippen LogP contribution in [0, 0.1) is 0 Å². The molecule has 0 aliphatic carbocycles.